The van der Waals surface area contributed by atoms with Crippen molar-refractivity contribution in [1.29, 1.82) is 0 Å². The van der Waals surface area contributed by atoms with Crippen LogP contribution in [0.5, 0.6) is 0 Å². The average molecular weight is 421 g/mol. The van der Waals surface area contributed by atoms with Gasteiger partial charge in [-0.05, 0) is 54.4 Å². The first-order valence-corrected chi connectivity index (χ1v) is 11.4. The monoisotopic (exact) mass is 421 g/mol. The van der Waals surface area contributed by atoms with Crippen LogP contribution in [0.1, 0.15) is 5.56 Å². The van der Waals surface area contributed by atoms with Crippen molar-refractivity contribution < 1.29 is 4.42 Å². The Hall–Kier alpha value is -4.30. The molecule has 0 aliphatic rings. The van der Waals surface area contributed by atoms with Crippen LogP contribution in [0.4, 0.5) is 0 Å². The molecule has 0 aliphatic carbocycles. The molecule has 0 aliphatic heterocycles. The molecular weight excluding hydrogens is 402 g/mol. The minimum Gasteiger partial charge on any atom is -0.455 e. The molecular formula is C31H19NO. The number of benzene rings is 5. The van der Waals surface area contributed by atoms with Crippen LogP contribution < -0.4 is 0 Å². The topological polar surface area (TPSA) is 17.6 Å². The van der Waals surface area contributed by atoms with Crippen LogP contribution in [0.2, 0.25) is 0 Å². The van der Waals surface area contributed by atoms with Gasteiger partial charge in [0, 0.05) is 37.9 Å². The van der Waals surface area contributed by atoms with Crippen LogP contribution in [-0.4, -0.2) is 4.40 Å². The SMILES string of the molecule is Cc1cc2c3ccccc3n3c4ccc(-c5cccc6c5oc5ccccc56)cc4c(c1)c23. The molecule has 0 atom stereocenters. The van der Waals surface area contributed by atoms with Gasteiger partial charge in [-0.3, -0.25) is 0 Å². The zero-order valence-electron chi connectivity index (χ0n) is 18.1. The van der Waals surface area contributed by atoms with Gasteiger partial charge >= 0.3 is 0 Å². The van der Waals surface area contributed by atoms with Crippen molar-refractivity contribution in [3.05, 3.63) is 103 Å². The van der Waals surface area contributed by atoms with E-state index in [0.717, 1.165) is 16.7 Å². The Labute approximate surface area is 189 Å². The number of aromatic nitrogens is 1. The minimum atomic E-state index is 0.934. The number of furan rings is 1. The highest BCUT2D eigenvalue weighted by Gasteiger charge is 2.19. The van der Waals surface area contributed by atoms with E-state index >= 15 is 0 Å². The van der Waals surface area contributed by atoms with Crippen LogP contribution in [0.15, 0.2) is 101 Å². The van der Waals surface area contributed by atoms with Crippen molar-refractivity contribution in [2.24, 2.45) is 0 Å². The Balaban J connectivity index is 1.50. The zero-order chi connectivity index (χ0) is 21.7. The third kappa shape index (κ3) is 2.13. The molecule has 0 radical (unpaired) electrons. The fraction of sp³-hybridized carbons (Fsp3) is 0.0323. The van der Waals surface area contributed by atoms with Crippen molar-refractivity contribution in [2.45, 2.75) is 6.92 Å². The van der Waals surface area contributed by atoms with Crippen molar-refractivity contribution >= 4 is 60.0 Å². The number of hydrogen-bond donors (Lipinski definition) is 0. The molecule has 0 unspecified atom stereocenters. The molecule has 0 N–H and O–H groups in total. The summed E-state index contributed by atoms with van der Waals surface area (Å²) in [5.41, 5.74) is 9.33. The Morgan fingerprint density at radius 1 is 0.576 bits per heavy atom. The summed E-state index contributed by atoms with van der Waals surface area (Å²) in [6.45, 7) is 2.19. The van der Waals surface area contributed by atoms with Gasteiger partial charge in [0.1, 0.15) is 11.2 Å². The van der Waals surface area contributed by atoms with Crippen molar-refractivity contribution in [2.75, 3.05) is 0 Å². The first-order chi connectivity index (χ1) is 16.3. The maximum Gasteiger partial charge on any atom is 0.143 e. The fourth-order valence-electron chi connectivity index (χ4n) is 5.79. The maximum atomic E-state index is 6.33. The second-order valence-electron chi connectivity index (χ2n) is 9.07. The molecule has 0 saturated carbocycles. The molecule has 0 spiro atoms. The lowest BCUT2D eigenvalue weighted by atomic mass is 9.99. The van der Waals surface area contributed by atoms with Crippen LogP contribution >= 0.6 is 0 Å². The molecule has 154 valence electrons. The smallest absolute Gasteiger partial charge is 0.143 e. The number of aryl methyl sites for hydroxylation is 1. The number of para-hydroxylation sites is 3. The van der Waals surface area contributed by atoms with Crippen LogP contribution in [-0.2, 0) is 0 Å². The van der Waals surface area contributed by atoms with Crippen molar-refractivity contribution in [3.8, 4) is 11.1 Å². The molecule has 2 nitrogen and oxygen atoms in total. The van der Waals surface area contributed by atoms with Gasteiger partial charge in [-0.2, -0.15) is 0 Å². The van der Waals surface area contributed by atoms with Gasteiger partial charge < -0.3 is 8.82 Å². The zero-order valence-corrected chi connectivity index (χ0v) is 18.1. The number of fused-ring (bicyclic) bond motifs is 9. The fourth-order valence-corrected chi connectivity index (χ4v) is 5.79. The lowest BCUT2D eigenvalue weighted by Gasteiger charge is -2.05. The molecule has 2 heteroatoms. The van der Waals surface area contributed by atoms with E-state index in [4.69, 9.17) is 4.42 Å². The van der Waals surface area contributed by atoms with Crippen LogP contribution in [0, 0.1) is 6.92 Å². The molecule has 8 rings (SSSR count). The summed E-state index contributed by atoms with van der Waals surface area (Å²) in [4.78, 5) is 0. The Kier molecular flexibility index (Phi) is 3.11. The first-order valence-electron chi connectivity index (χ1n) is 11.4. The summed E-state index contributed by atoms with van der Waals surface area (Å²) in [5.74, 6) is 0. The van der Waals surface area contributed by atoms with Crippen molar-refractivity contribution in [3.63, 3.8) is 0 Å². The Morgan fingerprint density at radius 2 is 1.30 bits per heavy atom. The molecule has 0 saturated heterocycles. The lowest BCUT2D eigenvalue weighted by molar-refractivity contribution is 0.670. The molecule has 0 bridgehead atoms. The first kappa shape index (κ1) is 17.3. The molecule has 5 aromatic carbocycles. The molecule has 3 aromatic heterocycles. The summed E-state index contributed by atoms with van der Waals surface area (Å²) < 4.78 is 8.76. The quantitative estimate of drug-likeness (QED) is 0.259. The van der Waals surface area contributed by atoms with E-state index in [1.165, 1.54) is 60.0 Å². The van der Waals surface area contributed by atoms with Gasteiger partial charge in [0.2, 0.25) is 0 Å². The van der Waals surface area contributed by atoms with E-state index in [0.29, 0.717) is 0 Å². The van der Waals surface area contributed by atoms with E-state index in [2.05, 4.69) is 96.3 Å². The second kappa shape index (κ2) is 5.93. The minimum absolute atomic E-state index is 0.934. The predicted molar refractivity (Wildman–Crippen MR) is 139 cm³/mol. The van der Waals surface area contributed by atoms with Gasteiger partial charge in [0.05, 0.1) is 16.6 Å². The lowest BCUT2D eigenvalue weighted by Crippen LogP contribution is -1.82. The van der Waals surface area contributed by atoms with E-state index in [1.807, 2.05) is 12.1 Å². The van der Waals surface area contributed by atoms with Gasteiger partial charge in [0.25, 0.3) is 0 Å². The van der Waals surface area contributed by atoms with E-state index in [-0.39, 0.29) is 0 Å². The second-order valence-corrected chi connectivity index (χ2v) is 9.07. The van der Waals surface area contributed by atoms with E-state index in [1.54, 1.807) is 0 Å². The van der Waals surface area contributed by atoms with Gasteiger partial charge in [-0.25, -0.2) is 0 Å². The number of rotatable bonds is 1. The normalized spacial score (nSPS) is 12.4. The maximum absolute atomic E-state index is 6.33. The van der Waals surface area contributed by atoms with Crippen LogP contribution in [0.25, 0.3) is 71.2 Å². The highest BCUT2D eigenvalue weighted by molar-refractivity contribution is 6.24. The Morgan fingerprint density at radius 3 is 2.21 bits per heavy atom. The Bertz CT molecular complexity index is 2040. The average Bonchev–Trinajstić information content (AvgIpc) is 3.49. The largest absolute Gasteiger partial charge is 0.455 e. The number of hydrogen-bond acceptors (Lipinski definition) is 1. The highest BCUT2D eigenvalue weighted by Crippen LogP contribution is 2.42. The standard InChI is InChI=1S/C31H19NO/c1-18-15-25-21-7-2-4-11-27(21)32-28-14-13-19(17-24(28)26(16-18)30(25)32)20-9-6-10-23-22-8-3-5-12-29(22)33-31(20)23/h2-17H,1H3. The summed E-state index contributed by atoms with van der Waals surface area (Å²) >= 11 is 0. The molecule has 0 fully saturated rings. The molecule has 0 amide bonds. The summed E-state index contributed by atoms with van der Waals surface area (Å²) in [5, 5.41) is 7.58. The predicted octanol–water partition coefficient (Wildman–Crippen LogP) is 8.71. The van der Waals surface area contributed by atoms with E-state index in [9.17, 15) is 0 Å². The van der Waals surface area contributed by atoms with Gasteiger partial charge in [-0.1, -0.05) is 60.7 Å². The molecule has 33 heavy (non-hydrogen) atoms. The summed E-state index contributed by atoms with van der Waals surface area (Å²) in [6.07, 6.45) is 0. The third-order valence-electron chi connectivity index (χ3n) is 7.16. The summed E-state index contributed by atoms with van der Waals surface area (Å²) in [7, 11) is 0. The third-order valence-corrected chi connectivity index (χ3v) is 7.16. The molecule has 8 aromatic rings. The van der Waals surface area contributed by atoms with Gasteiger partial charge in [0.15, 0.2) is 0 Å². The molecule has 3 heterocycles. The van der Waals surface area contributed by atoms with E-state index < -0.39 is 0 Å². The summed E-state index contributed by atoms with van der Waals surface area (Å²) in [6, 6.07) is 35.0. The number of nitrogens with zero attached hydrogens (tertiary/aromatic N) is 1. The van der Waals surface area contributed by atoms with Gasteiger partial charge in [-0.15, -0.1) is 0 Å². The van der Waals surface area contributed by atoms with Crippen molar-refractivity contribution in [1.82, 2.24) is 4.40 Å². The highest BCUT2D eigenvalue weighted by atomic mass is 16.3. The van der Waals surface area contributed by atoms with Crippen LogP contribution in [0.3, 0.4) is 0 Å².